The Labute approximate surface area is 182 Å². The Balaban J connectivity index is 1.71. The molecule has 4 heterocycles. The van der Waals surface area contributed by atoms with Crippen molar-refractivity contribution in [2.45, 2.75) is 16.7 Å². The van der Waals surface area contributed by atoms with E-state index in [2.05, 4.69) is 52.8 Å². The number of rotatable bonds is 5. The van der Waals surface area contributed by atoms with Crippen molar-refractivity contribution in [1.82, 2.24) is 24.9 Å². The molecule has 8 nitrogen and oxygen atoms in total. The highest BCUT2D eigenvalue weighted by Gasteiger charge is 2.32. The van der Waals surface area contributed by atoms with Crippen LogP contribution in [0, 0.1) is 0 Å². The average molecular weight is 529 g/mol. The van der Waals surface area contributed by atoms with E-state index in [9.17, 15) is 18.3 Å². The van der Waals surface area contributed by atoms with E-state index in [1.165, 1.54) is 6.07 Å². The molecule has 1 saturated heterocycles. The molecule has 2 N–H and O–H groups in total. The lowest BCUT2D eigenvalue weighted by Crippen LogP contribution is -2.51. The van der Waals surface area contributed by atoms with Crippen LogP contribution in [0.5, 0.6) is 0 Å². The Morgan fingerprint density at radius 1 is 1.13 bits per heavy atom. The summed E-state index contributed by atoms with van der Waals surface area (Å²) in [5.74, 6) is 0.651. The summed E-state index contributed by atoms with van der Waals surface area (Å²) in [7, 11) is 0. The predicted octanol–water partition coefficient (Wildman–Crippen LogP) is 3.21. The van der Waals surface area contributed by atoms with E-state index in [1.807, 2.05) is 12.1 Å². The van der Waals surface area contributed by atoms with Gasteiger partial charge in [-0.15, -0.1) is 0 Å². The number of pyridine rings is 2. The van der Waals surface area contributed by atoms with E-state index in [0.29, 0.717) is 29.2 Å². The number of hydrogen-bond donors (Lipinski definition) is 2. The molecule has 0 aliphatic carbocycles. The van der Waals surface area contributed by atoms with E-state index in [0.717, 1.165) is 18.0 Å². The van der Waals surface area contributed by atoms with Crippen LogP contribution in [-0.2, 0) is 10.6 Å². The zero-order valence-electron chi connectivity index (χ0n) is 15.3. The summed E-state index contributed by atoms with van der Waals surface area (Å²) in [6, 6.07) is 7.72. The van der Waals surface area contributed by atoms with Gasteiger partial charge in [-0.2, -0.15) is 28.1 Å². The molecule has 0 atom stereocenters. The van der Waals surface area contributed by atoms with E-state index in [1.54, 1.807) is 11.0 Å². The summed E-state index contributed by atoms with van der Waals surface area (Å²) in [4.78, 5) is 22.7. The molecule has 0 aromatic carbocycles. The van der Waals surface area contributed by atoms with Crippen LogP contribution in [0.3, 0.4) is 0 Å². The number of alkyl halides is 4. The number of β-amino-alcohol motifs (C(OH)–C–C–N with tert-alkyl or cyclic N) is 1. The third-order valence-corrected chi connectivity index (χ3v) is 5.03. The molecule has 0 amide bonds. The minimum absolute atomic E-state index is 0.0670. The quantitative estimate of drug-likeness (QED) is 0.384. The van der Waals surface area contributed by atoms with Gasteiger partial charge in [0, 0.05) is 29.4 Å². The molecule has 0 saturated carbocycles. The molecule has 1 fully saturated rings. The molecule has 0 bridgehead atoms. The monoisotopic (exact) mass is 529 g/mol. The molecule has 30 heavy (non-hydrogen) atoms. The smallest absolute Gasteiger partial charge is 0.389 e. The lowest BCUT2D eigenvalue weighted by atomic mass is 10.2. The van der Waals surface area contributed by atoms with Crippen LogP contribution in [0.15, 0.2) is 36.5 Å². The number of aliphatic hydroxyl groups is 1. The fraction of sp³-hybridized carbons (Fsp3) is 0.278. The molecule has 0 unspecified atom stereocenters. The maximum Gasteiger partial charge on any atom is 0.433 e. The summed E-state index contributed by atoms with van der Waals surface area (Å²) < 4.78 is 39.6. The van der Waals surface area contributed by atoms with Crippen LogP contribution in [0.25, 0.3) is 11.5 Å². The summed E-state index contributed by atoms with van der Waals surface area (Å²) in [5.41, 5.74) is 0.470. The van der Waals surface area contributed by atoms with Crippen molar-refractivity contribution >= 4 is 40.2 Å². The molecule has 0 radical (unpaired) electrons. The van der Waals surface area contributed by atoms with Crippen molar-refractivity contribution in [2.24, 2.45) is 0 Å². The van der Waals surface area contributed by atoms with Crippen LogP contribution < -0.4 is 10.2 Å². The Bertz CT molecular complexity index is 1060. The number of nitrogens with zero attached hydrogens (tertiary/aromatic N) is 6. The second kappa shape index (κ2) is 8.26. The van der Waals surface area contributed by atoms with Gasteiger partial charge in [-0.1, -0.05) is 28.7 Å². The maximum atomic E-state index is 13.0. The largest absolute Gasteiger partial charge is 0.433 e. The molecule has 12 heteroatoms. The summed E-state index contributed by atoms with van der Waals surface area (Å²) in [6.45, 7) is 0.717. The van der Waals surface area contributed by atoms with Crippen molar-refractivity contribution in [1.29, 1.82) is 0 Å². The second-order valence-electron chi connectivity index (χ2n) is 6.54. The zero-order valence-corrected chi connectivity index (χ0v) is 17.5. The van der Waals surface area contributed by atoms with Crippen molar-refractivity contribution in [3.63, 3.8) is 0 Å². The van der Waals surface area contributed by atoms with Gasteiger partial charge in [0.1, 0.15) is 11.4 Å². The third-order valence-electron chi connectivity index (χ3n) is 4.25. The summed E-state index contributed by atoms with van der Waals surface area (Å²) >= 11 is 2.19. The van der Waals surface area contributed by atoms with E-state index < -0.39 is 18.0 Å². The zero-order chi connectivity index (χ0) is 21.3. The molecule has 156 valence electrons. The molecule has 1 aliphatic heterocycles. The van der Waals surface area contributed by atoms with Gasteiger partial charge in [0.15, 0.2) is 5.82 Å². The van der Waals surface area contributed by atoms with Gasteiger partial charge in [0.25, 0.3) is 0 Å². The van der Waals surface area contributed by atoms with Crippen molar-refractivity contribution < 1.29 is 18.3 Å². The number of aliphatic hydroxyl groups excluding tert-OH is 1. The highest BCUT2D eigenvalue weighted by Crippen LogP contribution is 2.30. The van der Waals surface area contributed by atoms with Crippen molar-refractivity contribution in [3.05, 3.63) is 47.9 Å². The minimum atomic E-state index is -4.56. The Morgan fingerprint density at radius 3 is 2.63 bits per heavy atom. The van der Waals surface area contributed by atoms with E-state index in [4.69, 9.17) is 0 Å². The highest BCUT2D eigenvalue weighted by molar-refractivity contribution is 14.1. The van der Waals surface area contributed by atoms with Gasteiger partial charge in [-0.05, 0) is 24.3 Å². The van der Waals surface area contributed by atoms with Crippen LogP contribution in [0.1, 0.15) is 11.4 Å². The van der Waals surface area contributed by atoms with Gasteiger partial charge in [-0.25, -0.2) is 4.98 Å². The van der Waals surface area contributed by atoms with Crippen LogP contribution in [0.2, 0.25) is 0 Å². The Morgan fingerprint density at radius 2 is 1.93 bits per heavy atom. The maximum absolute atomic E-state index is 13.0. The highest BCUT2D eigenvalue weighted by atomic mass is 127. The van der Waals surface area contributed by atoms with Gasteiger partial charge in [-0.3, -0.25) is 4.98 Å². The number of hydrogen-bond acceptors (Lipinski definition) is 8. The summed E-state index contributed by atoms with van der Waals surface area (Å²) in [6.07, 6.45) is -3.98. The van der Waals surface area contributed by atoms with Gasteiger partial charge in [0.2, 0.25) is 11.9 Å². The molecule has 3 aromatic rings. The lowest BCUT2D eigenvalue weighted by molar-refractivity contribution is -0.141. The second-order valence-corrected chi connectivity index (χ2v) is 7.30. The first-order chi connectivity index (χ1) is 14.3. The number of halogens is 4. The Hall–Kier alpha value is -2.61. The van der Waals surface area contributed by atoms with Crippen LogP contribution in [-0.4, -0.2) is 49.2 Å². The molecule has 0 spiro atoms. The molecule has 4 rings (SSSR count). The van der Waals surface area contributed by atoms with Crippen LogP contribution >= 0.6 is 22.6 Å². The normalized spacial score (nSPS) is 14.5. The van der Waals surface area contributed by atoms with E-state index >= 15 is 0 Å². The van der Waals surface area contributed by atoms with Gasteiger partial charge >= 0.3 is 6.18 Å². The first-order valence-electron chi connectivity index (χ1n) is 8.83. The third kappa shape index (κ3) is 4.59. The van der Waals surface area contributed by atoms with E-state index in [-0.39, 0.29) is 17.5 Å². The van der Waals surface area contributed by atoms with Crippen molar-refractivity contribution in [2.75, 3.05) is 23.3 Å². The molecule has 1 aliphatic rings. The summed E-state index contributed by atoms with van der Waals surface area (Å²) in [5, 5.41) is 12.4. The fourth-order valence-electron chi connectivity index (χ4n) is 2.77. The number of anilines is 3. The number of aromatic nitrogens is 5. The molecule has 3 aromatic heterocycles. The SMILES string of the molecule is OC1CN(c2nc(Nc3ccnc(C(F)(F)F)c3)nc(-c3cccc(CI)n3)n2)C1. The van der Waals surface area contributed by atoms with Gasteiger partial charge in [0.05, 0.1) is 11.8 Å². The topological polar surface area (TPSA) is 100.0 Å². The first kappa shape index (κ1) is 20.7. The molecular weight excluding hydrogens is 514 g/mol. The fourth-order valence-corrected chi connectivity index (χ4v) is 3.19. The standard InChI is InChI=1S/C18H15F3IN7O/c19-18(20,21)14-6-10(4-5-23-14)25-16-26-15(13-3-1-2-11(7-22)24-13)27-17(28-16)29-8-12(30)9-29/h1-6,12,30H,7-9H2,(H,23,25,26,27,28). The molecular formula is C18H15F3IN7O. The Kier molecular flexibility index (Phi) is 5.69. The number of nitrogens with one attached hydrogen (secondary N) is 1. The van der Waals surface area contributed by atoms with Crippen LogP contribution in [0.4, 0.5) is 30.8 Å². The van der Waals surface area contributed by atoms with Crippen molar-refractivity contribution in [3.8, 4) is 11.5 Å². The first-order valence-corrected chi connectivity index (χ1v) is 10.4. The lowest BCUT2D eigenvalue weighted by Gasteiger charge is -2.35. The predicted molar refractivity (Wildman–Crippen MR) is 112 cm³/mol. The average Bonchev–Trinajstić information content (AvgIpc) is 2.71. The van der Waals surface area contributed by atoms with Gasteiger partial charge < -0.3 is 15.3 Å². The minimum Gasteiger partial charge on any atom is -0.389 e.